The predicted molar refractivity (Wildman–Crippen MR) is 162 cm³/mol. The second-order valence-corrected chi connectivity index (χ2v) is 12.3. The van der Waals surface area contributed by atoms with Crippen LogP contribution in [0, 0.1) is 0 Å². The average molecular weight is 654 g/mol. The summed E-state index contributed by atoms with van der Waals surface area (Å²) < 4.78 is 22.3. The van der Waals surface area contributed by atoms with Crippen LogP contribution in [-0.4, -0.2) is 140 Å². The molecule has 2 fully saturated rings. The van der Waals surface area contributed by atoms with Crippen LogP contribution in [-0.2, 0) is 23.7 Å². The van der Waals surface area contributed by atoms with Gasteiger partial charge in [0, 0.05) is 6.42 Å². The monoisotopic (exact) mass is 653 g/mol. The van der Waals surface area contributed by atoms with Crippen molar-refractivity contribution in [3.8, 4) is 0 Å². The van der Waals surface area contributed by atoms with Crippen LogP contribution in [0.1, 0.15) is 97.3 Å². The van der Waals surface area contributed by atoms with Gasteiger partial charge in [0.05, 0.1) is 32.0 Å². The summed E-state index contributed by atoms with van der Waals surface area (Å²) >= 11 is 0. The topological polar surface area (TPSA) is 228 Å². The summed E-state index contributed by atoms with van der Waals surface area (Å²) in [4.78, 5) is 12.5. The maximum Gasteiger partial charge on any atom is 0.220 e. The summed E-state index contributed by atoms with van der Waals surface area (Å²) in [5.41, 5.74) is 0. The Kier molecular flexibility index (Phi) is 19.4. The number of unbranched alkanes of at least 4 members (excludes halogenated alkanes) is 9. The molecule has 266 valence electrons. The summed E-state index contributed by atoms with van der Waals surface area (Å²) in [6.45, 7) is 2.51. The quantitative estimate of drug-likeness (QED) is 0.0678. The SMILES string of the molecule is CCCCCCCCCCCC(O)C(COC1OC(CO)C(OC2OC(CO)C(O)C(O)C2O)C(O)C1O)NC(=O)CCCC. The first kappa shape index (κ1) is 40.2. The van der Waals surface area contributed by atoms with Crippen molar-refractivity contribution in [1.29, 1.82) is 0 Å². The number of rotatable bonds is 22. The molecule has 14 nitrogen and oxygen atoms in total. The van der Waals surface area contributed by atoms with Crippen molar-refractivity contribution < 1.29 is 64.6 Å². The molecule has 0 aromatic carbocycles. The lowest BCUT2D eigenvalue weighted by atomic mass is 9.97. The van der Waals surface area contributed by atoms with Crippen molar-refractivity contribution in [2.24, 2.45) is 0 Å². The number of hydrogen-bond donors (Lipinski definition) is 9. The number of carbonyl (C=O) groups excluding carboxylic acids is 1. The number of amides is 1. The summed E-state index contributed by atoms with van der Waals surface area (Å²) in [6, 6.07) is -0.813. The minimum atomic E-state index is -1.77. The third kappa shape index (κ3) is 12.8. The number of ether oxygens (including phenoxy) is 4. The van der Waals surface area contributed by atoms with E-state index in [4.69, 9.17) is 18.9 Å². The van der Waals surface area contributed by atoms with E-state index >= 15 is 0 Å². The Morgan fingerprint density at radius 1 is 0.711 bits per heavy atom. The molecule has 2 aliphatic rings. The zero-order chi connectivity index (χ0) is 33.4. The van der Waals surface area contributed by atoms with Gasteiger partial charge in [-0.2, -0.15) is 0 Å². The van der Waals surface area contributed by atoms with Gasteiger partial charge in [-0.3, -0.25) is 4.79 Å². The van der Waals surface area contributed by atoms with Crippen LogP contribution < -0.4 is 5.32 Å². The van der Waals surface area contributed by atoms with Crippen molar-refractivity contribution in [3.05, 3.63) is 0 Å². The van der Waals surface area contributed by atoms with Crippen LogP contribution in [0.25, 0.3) is 0 Å². The summed E-state index contributed by atoms with van der Waals surface area (Å²) in [5, 5.41) is 85.2. The van der Waals surface area contributed by atoms with Crippen LogP contribution in [0.15, 0.2) is 0 Å². The van der Waals surface area contributed by atoms with Crippen molar-refractivity contribution in [1.82, 2.24) is 5.32 Å². The van der Waals surface area contributed by atoms with E-state index in [0.717, 1.165) is 32.1 Å². The van der Waals surface area contributed by atoms with Gasteiger partial charge in [-0.1, -0.05) is 78.1 Å². The van der Waals surface area contributed by atoms with E-state index in [0.29, 0.717) is 12.8 Å². The fourth-order valence-corrected chi connectivity index (χ4v) is 5.62. The lowest BCUT2D eigenvalue weighted by Gasteiger charge is -2.46. The first-order chi connectivity index (χ1) is 21.6. The molecule has 0 spiro atoms. The molecular weight excluding hydrogens is 594 g/mol. The minimum absolute atomic E-state index is 0.247. The fraction of sp³-hybridized carbons (Fsp3) is 0.968. The number of carbonyl (C=O) groups is 1. The van der Waals surface area contributed by atoms with Gasteiger partial charge in [-0.25, -0.2) is 0 Å². The van der Waals surface area contributed by atoms with E-state index in [2.05, 4.69) is 12.2 Å². The third-order valence-electron chi connectivity index (χ3n) is 8.57. The highest BCUT2D eigenvalue weighted by atomic mass is 16.7. The van der Waals surface area contributed by atoms with Gasteiger partial charge in [0.15, 0.2) is 12.6 Å². The molecule has 2 aliphatic heterocycles. The predicted octanol–water partition coefficient (Wildman–Crippen LogP) is -0.416. The van der Waals surface area contributed by atoms with Crippen LogP contribution in [0.2, 0.25) is 0 Å². The largest absolute Gasteiger partial charge is 0.394 e. The summed E-state index contributed by atoms with van der Waals surface area (Å²) in [6.07, 6.45) is -4.31. The molecule has 1 amide bonds. The number of aliphatic hydroxyl groups excluding tert-OH is 8. The van der Waals surface area contributed by atoms with Gasteiger partial charge in [0.2, 0.25) is 5.91 Å². The molecule has 9 N–H and O–H groups in total. The normalized spacial score (nSPS) is 33.6. The van der Waals surface area contributed by atoms with E-state index < -0.39 is 86.8 Å². The van der Waals surface area contributed by atoms with Crippen LogP contribution in [0.3, 0.4) is 0 Å². The van der Waals surface area contributed by atoms with Crippen molar-refractivity contribution in [3.63, 3.8) is 0 Å². The highest BCUT2D eigenvalue weighted by Crippen LogP contribution is 2.29. The molecule has 0 aliphatic carbocycles. The van der Waals surface area contributed by atoms with Crippen LogP contribution in [0.4, 0.5) is 0 Å². The Balaban J connectivity index is 1.96. The zero-order valence-electron chi connectivity index (χ0n) is 26.9. The maximum atomic E-state index is 12.5. The van der Waals surface area contributed by atoms with Gasteiger partial charge >= 0.3 is 0 Å². The highest BCUT2D eigenvalue weighted by molar-refractivity contribution is 5.76. The molecule has 14 heteroatoms. The molecule has 2 rings (SSSR count). The summed E-state index contributed by atoms with van der Waals surface area (Å²) in [7, 11) is 0. The number of aliphatic hydroxyl groups is 8. The summed E-state index contributed by atoms with van der Waals surface area (Å²) in [5.74, 6) is -0.247. The Labute approximate surface area is 266 Å². The first-order valence-electron chi connectivity index (χ1n) is 16.8. The molecule has 12 unspecified atom stereocenters. The van der Waals surface area contributed by atoms with Crippen molar-refractivity contribution >= 4 is 5.91 Å². The van der Waals surface area contributed by atoms with Gasteiger partial charge in [-0.15, -0.1) is 0 Å². The molecule has 0 saturated carbocycles. The molecule has 45 heavy (non-hydrogen) atoms. The Bertz CT molecular complexity index is 791. The van der Waals surface area contributed by atoms with Crippen molar-refractivity contribution in [2.45, 2.75) is 171 Å². The lowest BCUT2D eigenvalue weighted by molar-refractivity contribution is -0.359. The molecule has 2 saturated heterocycles. The van der Waals surface area contributed by atoms with E-state index in [1.165, 1.54) is 32.1 Å². The number of hydrogen-bond acceptors (Lipinski definition) is 13. The molecule has 0 bridgehead atoms. The van der Waals surface area contributed by atoms with E-state index in [1.54, 1.807) is 0 Å². The van der Waals surface area contributed by atoms with E-state index in [9.17, 15) is 45.6 Å². The fourth-order valence-electron chi connectivity index (χ4n) is 5.62. The molecular formula is C31H59NO13. The van der Waals surface area contributed by atoms with Crippen molar-refractivity contribution in [2.75, 3.05) is 19.8 Å². The van der Waals surface area contributed by atoms with Gasteiger partial charge in [0.1, 0.15) is 48.8 Å². The maximum absolute atomic E-state index is 12.5. The second kappa shape index (κ2) is 21.8. The smallest absolute Gasteiger partial charge is 0.220 e. The Hall–Kier alpha value is -1.01. The zero-order valence-corrected chi connectivity index (χ0v) is 26.9. The molecule has 2 heterocycles. The van der Waals surface area contributed by atoms with E-state index in [1.807, 2.05) is 6.92 Å². The van der Waals surface area contributed by atoms with E-state index in [-0.39, 0.29) is 18.9 Å². The molecule has 12 atom stereocenters. The lowest BCUT2D eigenvalue weighted by Crippen LogP contribution is -2.65. The molecule has 0 aromatic rings. The first-order valence-corrected chi connectivity index (χ1v) is 16.8. The second-order valence-electron chi connectivity index (χ2n) is 12.3. The standard InChI is InChI=1S/C31H59NO13/c1-3-5-7-8-9-10-11-12-13-14-20(35)19(32-23(36)15-6-4-2)18-42-30-28(41)26(39)29(22(17-34)44-30)45-31-27(40)25(38)24(37)21(16-33)43-31/h19-22,24-31,33-35,37-41H,3-18H2,1-2H3,(H,32,36). The Morgan fingerprint density at radius 2 is 1.27 bits per heavy atom. The number of nitrogens with one attached hydrogen (secondary N) is 1. The molecule has 0 aromatic heterocycles. The minimum Gasteiger partial charge on any atom is -0.394 e. The Morgan fingerprint density at radius 3 is 1.87 bits per heavy atom. The van der Waals surface area contributed by atoms with Gasteiger partial charge < -0.3 is 65.1 Å². The van der Waals surface area contributed by atoms with Gasteiger partial charge in [0.25, 0.3) is 0 Å². The third-order valence-corrected chi connectivity index (χ3v) is 8.57. The highest BCUT2D eigenvalue weighted by Gasteiger charge is 2.50. The molecule has 0 radical (unpaired) electrons. The van der Waals surface area contributed by atoms with Crippen LogP contribution >= 0.6 is 0 Å². The average Bonchev–Trinajstić information content (AvgIpc) is 3.03. The van der Waals surface area contributed by atoms with Crippen LogP contribution in [0.5, 0.6) is 0 Å². The van der Waals surface area contributed by atoms with Gasteiger partial charge in [-0.05, 0) is 12.8 Å².